The monoisotopic (exact) mass is 610 g/mol. The highest BCUT2D eigenvalue weighted by Crippen LogP contribution is 2.44. The number of aliphatic hydroxyl groups excluding tert-OH is 6. The molecule has 5 rings (SSSR count). The summed E-state index contributed by atoms with van der Waals surface area (Å²) in [5.74, 6) is -4.60. The topological polar surface area (TPSA) is 269 Å². The predicted molar refractivity (Wildman–Crippen MR) is 141 cm³/mol. The first-order valence-corrected chi connectivity index (χ1v) is 13.0. The molecule has 2 aliphatic heterocycles. The van der Waals surface area contributed by atoms with Gasteiger partial charge in [0.2, 0.25) is 29.5 Å². The molecule has 234 valence electrons. The van der Waals surface area contributed by atoms with Gasteiger partial charge in [-0.2, -0.15) is 0 Å². The molecule has 2 aromatic carbocycles. The van der Waals surface area contributed by atoms with Gasteiger partial charge in [-0.05, 0) is 26.0 Å². The molecule has 3 heterocycles. The molecule has 2 saturated heterocycles. The standard InChI is InChI=1S/C27H30O16/c1-7-16(32)19(35)21(37)26(39-7)42-24-12(30)3-9(4-13(24)31)23-25(43-27-22(38)20(36)17(33)8(2)40-27)18(34)15-11(29)5-10(28)6-14(15)41-23/h3-8,16-17,19-22,26-33,35-38H,1-2H3/t7-,8-,16+,17+,19-,20-,21+,22+,26+,27+/m1/s1. The Morgan fingerprint density at radius 3 is 1.63 bits per heavy atom. The van der Waals surface area contributed by atoms with E-state index in [9.17, 15) is 55.9 Å². The molecule has 0 spiro atoms. The van der Waals surface area contributed by atoms with Crippen molar-refractivity contribution in [2.24, 2.45) is 0 Å². The van der Waals surface area contributed by atoms with Gasteiger partial charge < -0.3 is 74.4 Å². The Morgan fingerprint density at radius 1 is 0.628 bits per heavy atom. The Morgan fingerprint density at radius 2 is 1.12 bits per heavy atom. The molecule has 0 unspecified atom stereocenters. The smallest absolute Gasteiger partial charge is 0.239 e. The van der Waals surface area contributed by atoms with Crippen LogP contribution in [-0.4, -0.2) is 112 Å². The molecule has 1 aromatic heterocycles. The summed E-state index contributed by atoms with van der Waals surface area (Å²) < 4.78 is 27.5. The molecular formula is C27H30O16. The second-order valence-electron chi connectivity index (χ2n) is 10.4. The van der Waals surface area contributed by atoms with Crippen LogP contribution in [0.25, 0.3) is 22.3 Å². The zero-order chi connectivity index (χ0) is 31.5. The van der Waals surface area contributed by atoms with Crippen molar-refractivity contribution < 1.29 is 74.4 Å². The minimum Gasteiger partial charge on any atom is -0.508 e. The number of aliphatic hydroxyl groups is 6. The summed E-state index contributed by atoms with van der Waals surface area (Å²) in [5, 5.41) is 102. The van der Waals surface area contributed by atoms with Crippen LogP contribution in [0.2, 0.25) is 0 Å². The van der Waals surface area contributed by atoms with E-state index in [0.29, 0.717) is 0 Å². The molecule has 0 saturated carbocycles. The van der Waals surface area contributed by atoms with E-state index in [1.807, 2.05) is 0 Å². The fourth-order valence-electron chi connectivity index (χ4n) is 4.87. The summed E-state index contributed by atoms with van der Waals surface area (Å²) >= 11 is 0. The van der Waals surface area contributed by atoms with Crippen molar-refractivity contribution in [2.75, 3.05) is 0 Å². The Bertz CT molecular complexity index is 1550. The van der Waals surface area contributed by atoms with Crippen LogP contribution < -0.4 is 14.9 Å². The van der Waals surface area contributed by atoms with Crippen LogP contribution in [0.3, 0.4) is 0 Å². The molecule has 16 heteroatoms. The zero-order valence-corrected chi connectivity index (χ0v) is 22.5. The average molecular weight is 611 g/mol. The van der Waals surface area contributed by atoms with Crippen molar-refractivity contribution >= 4 is 11.0 Å². The number of aromatic hydroxyl groups is 4. The first kappa shape index (κ1) is 30.6. The van der Waals surface area contributed by atoms with Crippen molar-refractivity contribution in [3.63, 3.8) is 0 Å². The van der Waals surface area contributed by atoms with E-state index < -0.39 is 112 Å². The highest BCUT2D eigenvalue weighted by atomic mass is 16.7. The number of hydrogen-bond acceptors (Lipinski definition) is 16. The first-order chi connectivity index (χ1) is 20.2. The summed E-state index contributed by atoms with van der Waals surface area (Å²) in [5.41, 5.74) is -1.64. The highest BCUT2D eigenvalue weighted by Gasteiger charge is 2.45. The molecule has 0 aliphatic carbocycles. The Kier molecular flexibility index (Phi) is 8.05. The van der Waals surface area contributed by atoms with Crippen LogP contribution in [0.1, 0.15) is 13.8 Å². The van der Waals surface area contributed by atoms with Crippen LogP contribution in [0, 0.1) is 0 Å². The quantitative estimate of drug-likeness (QED) is 0.161. The fraction of sp³-hybridized carbons (Fsp3) is 0.444. The van der Waals surface area contributed by atoms with E-state index in [2.05, 4.69) is 0 Å². The molecule has 0 bridgehead atoms. The average Bonchev–Trinajstić information content (AvgIpc) is 2.94. The molecular weight excluding hydrogens is 580 g/mol. The highest BCUT2D eigenvalue weighted by molar-refractivity contribution is 5.88. The molecule has 0 amide bonds. The normalized spacial score (nSPS) is 32.9. The minimum atomic E-state index is -1.86. The maximum absolute atomic E-state index is 13.6. The maximum Gasteiger partial charge on any atom is 0.239 e. The second-order valence-corrected chi connectivity index (χ2v) is 10.4. The third kappa shape index (κ3) is 5.39. The summed E-state index contributed by atoms with van der Waals surface area (Å²) in [6.07, 6.45) is -15.4. The van der Waals surface area contributed by atoms with Gasteiger partial charge in [0.05, 0.1) is 12.2 Å². The summed E-state index contributed by atoms with van der Waals surface area (Å²) in [7, 11) is 0. The van der Waals surface area contributed by atoms with Gasteiger partial charge >= 0.3 is 0 Å². The maximum atomic E-state index is 13.6. The molecule has 10 N–H and O–H groups in total. The molecule has 43 heavy (non-hydrogen) atoms. The zero-order valence-electron chi connectivity index (χ0n) is 22.5. The lowest BCUT2D eigenvalue weighted by Gasteiger charge is -2.39. The molecule has 10 atom stereocenters. The van der Waals surface area contributed by atoms with Gasteiger partial charge in [0, 0.05) is 17.7 Å². The number of phenolic OH excluding ortho intramolecular Hbond substituents is 4. The van der Waals surface area contributed by atoms with Gasteiger partial charge in [0.25, 0.3) is 0 Å². The SMILES string of the molecule is C[C@H]1O[C@@H](Oc2c(O)cc(-c3oc4cc(O)cc(O)c4c(=O)c3O[C@@H]3O[C@H](C)[C@H](O)[C@@H](O)[C@@H]3O)cc2O)[C@@H](O)[C@H](O)[C@H]1O. The lowest BCUT2D eigenvalue weighted by molar-refractivity contribution is -0.268. The van der Waals surface area contributed by atoms with Crippen LogP contribution in [-0.2, 0) is 9.47 Å². The van der Waals surface area contributed by atoms with Gasteiger partial charge in [0.15, 0.2) is 17.3 Å². The van der Waals surface area contributed by atoms with E-state index in [-0.39, 0.29) is 11.1 Å². The predicted octanol–water partition coefficient (Wildman–Crippen LogP) is -1.30. The van der Waals surface area contributed by atoms with E-state index in [1.165, 1.54) is 13.8 Å². The lowest BCUT2D eigenvalue weighted by Crippen LogP contribution is -2.58. The van der Waals surface area contributed by atoms with Gasteiger partial charge in [-0.3, -0.25) is 4.79 Å². The van der Waals surface area contributed by atoms with Gasteiger partial charge in [-0.1, -0.05) is 0 Å². The first-order valence-electron chi connectivity index (χ1n) is 13.0. The van der Waals surface area contributed by atoms with Crippen molar-refractivity contribution in [1.82, 2.24) is 0 Å². The van der Waals surface area contributed by atoms with Crippen molar-refractivity contribution in [3.05, 3.63) is 34.5 Å². The molecule has 0 radical (unpaired) electrons. The Balaban J connectivity index is 1.59. The molecule has 3 aromatic rings. The van der Waals surface area contributed by atoms with Crippen molar-refractivity contribution in [3.8, 4) is 45.8 Å². The van der Waals surface area contributed by atoms with Crippen LogP contribution in [0.4, 0.5) is 0 Å². The second kappa shape index (κ2) is 11.3. The number of ether oxygens (including phenoxy) is 4. The number of benzene rings is 2. The number of fused-ring (bicyclic) bond motifs is 1. The third-order valence-corrected chi connectivity index (χ3v) is 7.31. The van der Waals surface area contributed by atoms with E-state index in [1.54, 1.807) is 0 Å². The Labute approximate surface area is 241 Å². The van der Waals surface area contributed by atoms with Gasteiger partial charge in [-0.25, -0.2) is 0 Å². The number of phenols is 4. The van der Waals surface area contributed by atoms with Crippen LogP contribution in [0.15, 0.2) is 33.5 Å². The number of rotatable bonds is 5. The minimum absolute atomic E-state index is 0.243. The molecule has 16 nitrogen and oxygen atoms in total. The Hall–Kier alpha value is -3.87. The van der Waals surface area contributed by atoms with E-state index in [4.69, 9.17) is 23.4 Å². The molecule has 2 fully saturated rings. The summed E-state index contributed by atoms with van der Waals surface area (Å²) in [6.45, 7) is 2.77. The summed E-state index contributed by atoms with van der Waals surface area (Å²) in [6, 6.07) is 3.74. The third-order valence-electron chi connectivity index (χ3n) is 7.31. The van der Waals surface area contributed by atoms with Gasteiger partial charge in [0.1, 0.15) is 59.1 Å². The lowest BCUT2D eigenvalue weighted by atomic mass is 10.00. The largest absolute Gasteiger partial charge is 0.508 e. The van der Waals surface area contributed by atoms with Gasteiger partial charge in [-0.15, -0.1) is 0 Å². The fourth-order valence-corrected chi connectivity index (χ4v) is 4.87. The number of hydrogen-bond donors (Lipinski definition) is 10. The summed E-state index contributed by atoms with van der Waals surface area (Å²) in [4.78, 5) is 13.6. The van der Waals surface area contributed by atoms with Crippen LogP contribution in [0.5, 0.6) is 34.5 Å². The van der Waals surface area contributed by atoms with E-state index >= 15 is 0 Å². The van der Waals surface area contributed by atoms with Crippen molar-refractivity contribution in [2.45, 2.75) is 75.3 Å². The van der Waals surface area contributed by atoms with Crippen LogP contribution >= 0.6 is 0 Å². The van der Waals surface area contributed by atoms with E-state index in [0.717, 1.165) is 24.3 Å². The van der Waals surface area contributed by atoms with Crippen molar-refractivity contribution in [1.29, 1.82) is 0 Å². The molecule has 2 aliphatic rings.